The van der Waals surface area contributed by atoms with Crippen molar-refractivity contribution in [2.75, 3.05) is 19.7 Å². The fraction of sp³-hybridized carbons (Fsp3) is 0.308. The molecule has 2 unspecified atom stereocenters. The summed E-state index contributed by atoms with van der Waals surface area (Å²) in [5.74, 6) is -1.99. The van der Waals surface area contributed by atoms with Gasteiger partial charge in [0.25, 0.3) is 5.91 Å². The van der Waals surface area contributed by atoms with E-state index in [1.807, 2.05) is 36.4 Å². The van der Waals surface area contributed by atoms with E-state index in [4.69, 9.17) is 9.15 Å². The molecule has 180 valence electrons. The molecule has 9 heteroatoms. The number of aromatic nitrogens is 1. The van der Waals surface area contributed by atoms with Crippen LogP contribution in [-0.4, -0.2) is 52.7 Å². The Morgan fingerprint density at radius 3 is 2.37 bits per heavy atom. The molecule has 3 aromatic rings. The summed E-state index contributed by atoms with van der Waals surface area (Å²) >= 11 is 0. The molecule has 1 fully saturated rings. The molecule has 2 atom stereocenters. The van der Waals surface area contributed by atoms with Crippen LogP contribution >= 0.6 is 0 Å². The zero-order valence-electron chi connectivity index (χ0n) is 19.1. The van der Waals surface area contributed by atoms with E-state index >= 15 is 0 Å². The lowest BCUT2D eigenvalue weighted by atomic mass is 9.98. The summed E-state index contributed by atoms with van der Waals surface area (Å²) in [5.41, 5.74) is 4.57. The number of carboxylic acid groups (broad SMARTS) is 1. The SMILES string of the molecule is CC1CN(C(=O)c2ncoc2CNC(=O)OCC2c3ccccc3-c3ccccc32)CC1C(=O)O. The van der Waals surface area contributed by atoms with Gasteiger partial charge in [-0.3, -0.25) is 9.59 Å². The second-order valence-corrected chi connectivity index (χ2v) is 8.94. The second kappa shape index (κ2) is 9.25. The highest BCUT2D eigenvalue weighted by atomic mass is 16.5. The zero-order valence-corrected chi connectivity index (χ0v) is 19.1. The molecule has 2 aromatic carbocycles. The highest BCUT2D eigenvalue weighted by molar-refractivity contribution is 5.94. The van der Waals surface area contributed by atoms with Crippen LogP contribution in [0.3, 0.4) is 0 Å². The smallest absolute Gasteiger partial charge is 0.407 e. The first-order valence-corrected chi connectivity index (χ1v) is 11.5. The lowest BCUT2D eigenvalue weighted by Crippen LogP contribution is -2.32. The van der Waals surface area contributed by atoms with E-state index < -0.39 is 23.9 Å². The van der Waals surface area contributed by atoms with Crippen LogP contribution in [0.5, 0.6) is 0 Å². The van der Waals surface area contributed by atoms with E-state index in [0.717, 1.165) is 28.6 Å². The van der Waals surface area contributed by atoms with Crippen LogP contribution in [-0.2, 0) is 16.1 Å². The van der Waals surface area contributed by atoms with Crippen LogP contribution in [0, 0.1) is 11.8 Å². The Morgan fingerprint density at radius 1 is 1.09 bits per heavy atom. The maximum atomic E-state index is 12.9. The van der Waals surface area contributed by atoms with Crippen molar-refractivity contribution < 1.29 is 28.6 Å². The highest BCUT2D eigenvalue weighted by Gasteiger charge is 2.38. The van der Waals surface area contributed by atoms with Crippen molar-refractivity contribution in [1.82, 2.24) is 15.2 Å². The molecule has 2 aliphatic rings. The zero-order chi connectivity index (χ0) is 24.5. The van der Waals surface area contributed by atoms with Gasteiger partial charge >= 0.3 is 12.1 Å². The Bertz CT molecular complexity index is 1240. The highest BCUT2D eigenvalue weighted by Crippen LogP contribution is 2.44. The third kappa shape index (κ3) is 4.25. The van der Waals surface area contributed by atoms with Crippen molar-refractivity contribution in [2.45, 2.75) is 19.4 Å². The minimum atomic E-state index is -0.926. The molecule has 2 amide bonds. The van der Waals surface area contributed by atoms with Crippen molar-refractivity contribution in [3.8, 4) is 11.1 Å². The number of oxazole rings is 1. The molecular formula is C26H25N3O6. The number of nitrogens with zero attached hydrogens (tertiary/aromatic N) is 2. The molecule has 5 rings (SSSR count). The number of benzene rings is 2. The van der Waals surface area contributed by atoms with Crippen molar-refractivity contribution >= 4 is 18.0 Å². The Balaban J connectivity index is 1.19. The van der Waals surface area contributed by atoms with Crippen LogP contribution < -0.4 is 5.32 Å². The predicted molar refractivity (Wildman–Crippen MR) is 125 cm³/mol. The molecule has 1 saturated heterocycles. The summed E-state index contributed by atoms with van der Waals surface area (Å²) in [6.07, 6.45) is 0.498. The number of alkyl carbamates (subject to hydrolysis) is 1. The van der Waals surface area contributed by atoms with Crippen LogP contribution in [0.25, 0.3) is 11.1 Å². The minimum Gasteiger partial charge on any atom is -0.481 e. The van der Waals surface area contributed by atoms with Gasteiger partial charge < -0.3 is 24.5 Å². The maximum Gasteiger partial charge on any atom is 0.407 e. The van der Waals surface area contributed by atoms with Gasteiger partial charge in [0.1, 0.15) is 6.61 Å². The van der Waals surface area contributed by atoms with Crippen molar-refractivity contribution in [1.29, 1.82) is 0 Å². The van der Waals surface area contributed by atoms with E-state index in [0.29, 0.717) is 6.54 Å². The Hall–Kier alpha value is -4.14. The standard InChI is InChI=1S/C26H25N3O6/c1-15-11-29(12-20(15)25(31)32)24(30)23-22(35-14-28-23)10-27-26(33)34-13-21-18-8-4-2-6-16(18)17-7-3-5-9-19(17)21/h2-9,14-15,20-21H,10-13H2,1H3,(H,27,33)(H,31,32). The quantitative estimate of drug-likeness (QED) is 0.559. The molecule has 2 heterocycles. The fourth-order valence-electron chi connectivity index (χ4n) is 4.98. The molecule has 1 aromatic heterocycles. The van der Waals surface area contributed by atoms with Gasteiger partial charge in [0, 0.05) is 19.0 Å². The molecule has 0 radical (unpaired) electrons. The van der Waals surface area contributed by atoms with Crippen LogP contribution in [0.1, 0.15) is 40.2 Å². The Labute approximate surface area is 201 Å². The van der Waals surface area contributed by atoms with Gasteiger partial charge in [-0.15, -0.1) is 0 Å². The van der Waals surface area contributed by atoms with Gasteiger partial charge in [-0.25, -0.2) is 9.78 Å². The van der Waals surface area contributed by atoms with Gasteiger partial charge in [0.15, 0.2) is 17.8 Å². The summed E-state index contributed by atoms with van der Waals surface area (Å²) in [7, 11) is 0. The Morgan fingerprint density at radius 2 is 1.74 bits per heavy atom. The van der Waals surface area contributed by atoms with Crippen molar-refractivity contribution in [3.63, 3.8) is 0 Å². The molecule has 0 spiro atoms. The number of hydrogen-bond acceptors (Lipinski definition) is 6. The summed E-state index contributed by atoms with van der Waals surface area (Å²) in [6.45, 7) is 2.33. The molecule has 9 nitrogen and oxygen atoms in total. The first kappa shape index (κ1) is 22.6. The lowest BCUT2D eigenvalue weighted by molar-refractivity contribution is -0.142. The van der Waals surface area contributed by atoms with E-state index in [1.165, 1.54) is 4.90 Å². The third-order valence-corrected chi connectivity index (χ3v) is 6.80. The molecule has 0 saturated carbocycles. The summed E-state index contributed by atoms with van der Waals surface area (Å²) in [4.78, 5) is 42.2. The van der Waals surface area contributed by atoms with E-state index in [-0.39, 0.29) is 43.0 Å². The molecule has 0 bridgehead atoms. The van der Waals surface area contributed by atoms with Crippen molar-refractivity contribution in [2.24, 2.45) is 11.8 Å². The first-order valence-electron chi connectivity index (χ1n) is 11.5. The van der Waals surface area contributed by atoms with Gasteiger partial charge in [-0.2, -0.15) is 0 Å². The average Bonchev–Trinajstić information content (AvgIpc) is 3.57. The number of carboxylic acids is 1. The van der Waals surface area contributed by atoms with Gasteiger partial charge in [0.2, 0.25) is 0 Å². The summed E-state index contributed by atoms with van der Waals surface area (Å²) < 4.78 is 10.8. The molecular weight excluding hydrogens is 450 g/mol. The van der Waals surface area contributed by atoms with Crippen LogP contribution in [0.15, 0.2) is 59.3 Å². The second-order valence-electron chi connectivity index (χ2n) is 8.94. The predicted octanol–water partition coefficient (Wildman–Crippen LogP) is 3.51. The minimum absolute atomic E-state index is 0.0576. The number of carbonyl (C=O) groups is 3. The molecule has 2 N–H and O–H groups in total. The number of amides is 2. The fourth-order valence-corrected chi connectivity index (χ4v) is 4.98. The topological polar surface area (TPSA) is 122 Å². The summed E-state index contributed by atoms with van der Waals surface area (Å²) in [6, 6.07) is 16.1. The molecule has 1 aliphatic heterocycles. The number of likely N-dealkylation sites (tertiary alicyclic amines) is 1. The maximum absolute atomic E-state index is 12.9. The third-order valence-electron chi connectivity index (χ3n) is 6.80. The van der Waals surface area contributed by atoms with E-state index in [2.05, 4.69) is 22.4 Å². The first-order chi connectivity index (χ1) is 16.9. The summed E-state index contributed by atoms with van der Waals surface area (Å²) in [5, 5.41) is 11.9. The van der Waals surface area contributed by atoms with Gasteiger partial charge in [-0.1, -0.05) is 55.5 Å². The van der Waals surface area contributed by atoms with Gasteiger partial charge in [0.05, 0.1) is 12.5 Å². The van der Waals surface area contributed by atoms with Crippen LogP contribution in [0.4, 0.5) is 4.79 Å². The van der Waals surface area contributed by atoms with E-state index in [1.54, 1.807) is 6.92 Å². The number of hydrogen-bond donors (Lipinski definition) is 2. The normalized spacial score (nSPS) is 18.7. The van der Waals surface area contributed by atoms with Crippen molar-refractivity contribution in [3.05, 3.63) is 77.5 Å². The van der Waals surface area contributed by atoms with Crippen LogP contribution in [0.2, 0.25) is 0 Å². The van der Waals surface area contributed by atoms with Gasteiger partial charge in [-0.05, 0) is 28.2 Å². The molecule has 1 aliphatic carbocycles. The number of carbonyl (C=O) groups excluding carboxylic acids is 2. The number of fused-ring (bicyclic) bond motifs is 3. The number of ether oxygens (including phenoxy) is 1. The average molecular weight is 476 g/mol. The van der Waals surface area contributed by atoms with E-state index in [9.17, 15) is 19.5 Å². The lowest BCUT2D eigenvalue weighted by Gasteiger charge is -2.15. The number of rotatable bonds is 6. The number of aliphatic carboxylic acids is 1. The Kier molecular flexibility index (Phi) is 5.98. The molecule has 35 heavy (non-hydrogen) atoms. The largest absolute Gasteiger partial charge is 0.481 e. The monoisotopic (exact) mass is 475 g/mol. The number of nitrogens with one attached hydrogen (secondary N) is 1.